The fourth-order valence-electron chi connectivity index (χ4n) is 0.497. The van der Waals surface area contributed by atoms with Crippen molar-refractivity contribution >= 4 is 10.0 Å². The van der Waals surface area contributed by atoms with E-state index < -0.39 is 16.2 Å². The zero-order valence-electron chi connectivity index (χ0n) is 5.87. The Morgan fingerprint density at radius 2 is 2.10 bits per heavy atom. The van der Waals surface area contributed by atoms with E-state index in [-0.39, 0.29) is 12.3 Å². The van der Waals surface area contributed by atoms with Crippen molar-refractivity contribution in [3.63, 3.8) is 0 Å². The topological polar surface area (TPSA) is 98.2 Å². The minimum absolute atomic E-state index is 0.0749. The Morgan fingerprint density at radius 3 is 2.40 bits per heavy atom. The number of nitrogens with two attached hydrogens (primary N) is 2. The molecule has 0 radical (unpaired) electrons. The van der Waals surface area contributed by atoms with Gasteiger partial charge >= 0.3 is 0 Å². The summed E-state index contributed by atoms with van der Waals surface area (Å²) in [7, 11) is -3.23. The van der Waals surface area contributed by atoms with E-state index in [1.54, 1.807) is 6.92 Å². The average Bonchev–Trinajstić information content (AvgIpc) is 1.59. The van der Waals surface area contributed by atoms with Gasteiger partial charge in [-0.2, -0.15) is 4.72 Å². The summed E-state index contributed by atoms with van der Waals surface area (Å²) in [6, 6.07) is 0. The third-order valence-corrected chi connectivity index (χ3v) is 2.26. The molecular formula is C4H13N3O2S. The van der Waals surface area contributed by atoms with E-state index in [4.69, 9.17) is 11.5 Å². The quantitative estimate of drug-likeness (QED) is 0.429. The summed E-state index contributed by atoms with van der Waals surface area (Å²) in [4.78, 5) is 0. The SMILES string of the molecule is CC(N)NS(=O)(=O)CCN. The molecule has 0 rings (SSSR count). The van der Waals surface area contributed by atoms with Crippen LogP contribution in [0, 0.1) is 0 Å². The van der Waals surface area contributed by atoms with E-state index in [0.717, 1.165) is 0 Å². The van der Waals surface area contributed by atoms with Crippen LogP contribution in [0.3, 0.4) is 0 Å². The van der Waals surface area contributed by atoms with E-state index in [1.165, 1.54) is 0 Å². The maximum absolute atomic E-state index is 10.8. The Hall–Kier alpha value is -0.170. The van der Waals surface area contributed by atoms with E-state index in [0.29, 0.717) is 0 Å². The van der Waals surface area contributed by atoms with Crippen molar-refractivity contribution in [1.29, 1.82) is 0 Å². The molecule has 1 unspecified atom stereocenters. The van der Waals surface area contributed by atoms with Crippen molar-refractivity contribution < 1.29 is 8.42 Å². The molecule has 0 fully saturated rings. The zero-order chi connectivity index (χ0) is 8.20. The van der Waals surface area contributed by atoms with Crippen molar-refractivity contribution in [3.05, 3.63) is 0 Å². The molecule has 5 N–H and O–H groups in total. The molecule has 0 heterocycles. The van der Waals surface area contributed by atoms with Crippen LogP contribution in [0.15, 0.2) is 0 Å². The summed E-state index contributed by atoms with van der Waals surface area (Å²) in [6.07, 6.45) is -0.545. The van der Waals surface area contributed by atoms with Crippen LogP contribution in [0.5, 0.6) is 0 Å². The monoisotopic (exact) mass is 167 g/mol. The third-order valence-electron chi connectivity index (χ3n) is 0.752. The van der Waals surface area contributed by atoms with Gasteiger partial charge in [-0.25, -0.2) is 8.42 Å². The van der Waals surface area contributed by atoms with E-state index >= 15 is 0 Å². The molecule has 1 atom stereocenters. The maximum atomic E-state index is 10.8. The molecule has 0 aromatic heterocycles. The molecule has 0 saturated heterocycles. The predicted octanol–water partition coefficient (Wildman–Crippen LogP) is -1.83. The smallest absolute Gasteiger partial charge is 0.214 e. The molecule has 0 aromatic carbocycles. The molecule has 0 amide bonds. The maximum Gasteiger partial charge on any atom is 0.214 e. The predicted molar refractivity (Wildman–Crippen MR) is 39.6 cm³/mol. The summed E-state index contributed by atoms with van der Waals surface area (Å²) < 4.78 is 23.7. The van der Waals surface area contributed by atoms with Gasteiger partial charge in [0.1, 0.15) is 0 Å². The Balaban J connectivity index is 3.89. The Bertz CT molecular complexity index is 175. The summed E-state index contributed by atoms with van der Waals surface area (Å²) in [5.41, 5.74) is 10.2. The van der Waals surface area contributed by atoms with Gasteiger partial charge in [-0.15, -0.1) is 0 Å². The lowest BCUT2D eigenvalue weighted by Crippen LogP contribution is -2.41. The second-order valence-corrected chi connectivity index (χ2v) is 3.89. The van der Waals surface area contributed by atoms with Crippen LogP contribution in [0.4, 0.5) is 0 Å². The standard InChI is InChI=1S/C4H13N3O2S/c1-4(6)7-10(8,9)3-2-5/h4,7H,2-3,5-6H2,1H3. The lowest BCUT2D eigenvalue weighted by molar-refractivity contribution is 0.565. The minimum Gasteiger partial charge on any atom is -0.329 e. The molecule has 0 saturated carbocycles. The van der Waals surface area contributed by atoms with Gasteiger partial charge in [-0.05, 0) is 6.92 Å². The van der Waals surface area contributed by atoms with Gasteiger partial charge in [0.15, 0.2) is 0 Å². The Labute approximate surface area is 60.8 Å². The summed E-state index contributed by atoms with van der Waals surface area (Å²) >= 11 is 0. The molecule has 0 aliphatic carbocycles. The Morgan fingerprint density at radius 1 is 1.60 bits per heavy atom. The first-order valence-corrected chi connectivity index (χ1v) is 4.59. The van der Waals surface area contributed by atoms with Crippen LogP contribution < -0.4 is 16.2 Å². The van der Waals surface area contributed by atoms with Crippen molar-refractivity contribution in [2.75, 3.05) is 12.3 Å². The molecule has 0 aliphatic heterocycles. The average molecular weight is 167 g/mol. The number of hydrogen-bond acceptors (Lipinski definition) is 4. The molecule has 10 heavy (non-hydrogen) atoms. The number of sulfonamides is 1. The van der Waals surface area contributed by atoms with Gasteiger partial charge in [0.05, 0.1) is 11.9 Å². The number of hydrogen-bond donors (Lipinski definition) is 3. The lowest BCUT2D eigenvalue weighted by atomic mass is 10.7. The van der Waals surface area contributed by atoms with E-state index in [9.17, 15) is 8.42 Å². The highest BCUT2D eigenvalue weighted by Crippen LogP contribution is 1.81. The summed E-state index contributed by atoms with van der Waals surface area (Å²) in [5.74, 6) is -0.0749. The van der Waals surface area contributed by atoms with Crippen LogP contribution in [0.1, 0.15) is 6.92 Å². The molecular weight excluding hydrogens is 154 g/mol. The molecule has 6 heteroatoms. The molecule has 0 aliphatic rings. The summed E-state index contributed by atoms with van der Waals surface area (Å²) in [6.45, 7) is 1.66. The van der Waals surface area contributed by atoms with Gasteiger partial charge in [0, 0.05) is 6.54 Å². The minimum atomic E-state index is -3.23. The number of rotatable bonds is 4. The van der Waals surface area contributed by atoms with Crippen molar-refractivity contribution in [2.45, 2.75) is 13.1 Å². The second-order valence-electron chi connectivity index (χ2n) is 2.01. The van der Waals surface area contributed by atoms with Crippen LogP contribution in [0.2, 0.25) is 0 Å². The van der Waals surface area contributed by atoms with Crippen molar-refractivity contribution in [2.24, 2.45) is 11.5 Å². The highest BCUT2D eigenvalue weighted by Gasteiger charge is 2.09. The fraction of sp³-hybridized carbons (Fsp3) is 1.00. The molecule has 0 spiro atoms. The van der Waals surface area contributed by atoms with Crippen LogP contribution in [-0.2, 0) is 10.0 Å². The van der Waals surface area contributed by atoms with Crippen LogP contribution in [-0.4, -0.2) is 26.9 Å². The van der Waals surface area contributed by atoms with Gasteiger partial charge in [0.25, 0.3) is 0 Å². The largest absolute Gasteiger partial charge is 0.329 e. The highest BCUT2D eigenvalue weighted by atomic mass is 32.2. The first kappa shape index (κ1) is 9.83. The molecule has 0 bridgehead atoms. The highest BCUT2D eigenvalue weighted by molar-refractivity contribution is 7.89. The van der Waals surface area contributed by atoms with Gasteiger partial charge in [-0.3, -0.25) is 0 Å². The molecule has 5 nitrogen and oxygen atoms in total. The van der Waals surface area contributed by atoms with Crippen LogP contribution >= 0.6 is 0 Å². The normalized spacial score (nSPS) is 15.1. The zero-order valence-corrected chi connectivity index (χ0v) is 6.69. The second kappa shape index (κ2) is 3.87. The lowest BCUT2D eigenvalue weighted by Gasteiger charge is -2.07. The Kier molecular flexibility index (Phi) is 3.80. The van der Waals surface area contributed by atoms with E-state index in [1.807, 2.05) is 0 Å². The van der Waals surface area contributed by atoms with Gasteiger partial charge < -0.3 is 11.5 Å². The first-order valence-electron chi connectivity index (χ1n) is 2.93. The molecule has 62 valence electrons. The third kappa shape index (κ3) is 4.68. The van der Waals surface area contributed by atoms with E-state index in [2.05, 4.69) is 4.72 Å². The number of nitrogens with one attached hydrogen (secondary N) is 1. The van der Waals surface area contributed by atoms with Crippen molar-refractivity contribution in [3.8, 4) is 0 Å². The summed E-state index contributed by atoms with van der Waals surface area (Å²) in [5, 5.41) is 0. The van der Waals surface area contributed by atoms with Gasteiger partial charge in [0.2, 0.25) is 10.0 Å². The van der Waals surface area contributed by atoms with Crippen LogP contribution in [0.25, 0.3) is 0 Å². The van der Waals surface area contributed by atoms with Crippen molar-refractivity contribution in [1.82, 2.24) is 4.72 Å². The molecule has 0 aromatic rings. The fourth-order valence-corrected chi connectivity index (χ4v) is 1.49. The van der Waals surface area contributed by atoms with Gasteiger partial charge in [-0.1, -0.05) is 0 Å². The first-order chi connectivity index (χ1) is 4.48.